The number of nitrogens with zero attached hydrogens (tertiary/aromatic N) is 3. The number of rotatable bonds is 21. The summed E-state index contributed by atoms with van der Waals surface area (Å²) in [7, 11) is 6.89. The van der Waals surface area contributed by atoms with Gasteiger partial charge in [0.05, 0.1) is 63.1 Å². The molecule has 43 heavy (non-hydrogen) atoms. The number of hydrogen-bond acceptors (Lipinski definition) is 9. The Morgan fingerprint density at radius 3 is 2.21 bits per heavy atom. The molecule has 0 aromatic carbocycles. The van der Waals surface area contributed by atoms with Gasteiger partial charge in [-0.25, -0.2) is 5.90 Å². The molecule has 1 aliphatic heterocycles. The van der Waals surface area contributed by atoms with Gasteiger partial charge >= 0.3 is 0 Å². The average Bonchev–Trinajstić information content (AvgIpc) is 3.44. The van der Waals surface area contributed by atoms with Gasteiger partial charge in [0.1, 0.15) is 0 Å². The maximum Gasteiger partial charge on any atom is 0.242 e. The number of nitrogens with one attached hydrogen (secondary N) is 1. The van der Waals surface area contributed by atoms with E-state index in [2.05, 4.69) is 37.8 Å². The minimum Gasteiger partial charge on any atom is -0.379 e. The smallest absolute Gasteiger partial charge is 0.242 e. The van der Waals surface area contributed by atoms with Crippen molar-refractivity contribution in [3.8, 4) is 0 Å². The molecular weight excluding hydrogens is 554 g/mol. The summed E-state index contributed by atoms with van der Waals surface area (Å²) in [5, 5.41) is 2.85. The van der Waals surface area contributed by atoms with Crippen LogP contribution in [0.2, 0.25) is 0 Å². The zero-order valence-corrected chi connectivity index (χ0v) is 28.5. The van der Waals surface area contributed by atoms with Crippen molar-refractivity contribution in [1.82, 2.24) is 20.0 Å². The molecule has 12 nitrogen and oxygen atoms in total. The minimum absolute atomic E-state index is 0.0156. The van der Waals surface area contributed by atoms with E-state index in [9.17, 15) is 14.4 Å². The quantitative estimate of drug-likeness (QED) is 0.147. The van der Waals surface area contributed by atoms with Crippen LogP contribution in [0.5, 0.6) is 0 Å². The summed E-state index contributed by atoms with van der Waals surface area (Å²) >= 11 is 0. The Labute approximate surface area is 260 Å². The van der Waals surface area contributed by atoms with Crippen LogP contribution in [-0.2, 0) is 33.4 Å². The van der Waals surface area contributed by atoms with Crippen LogP contribution in [0.3, 0.4) is 0 Å². The number of likely N-dealkylation sites (N-methyl/N-ethyl adjacent to an activating group) is 2. The molecule has 1 fully saturated rings. The van der Waals surface area contributed by atoms with Gasteiger partial charge in [-0.1, -0.05) is 48.0 Å². The molecule has 1 heterocycles. The highest BCUT2D eigenvalue weighted by Crippen LogP contribution is 2.28. The molecule has 1 saturated heterocycles. The van der Waals surface area contributed by atoms with Crippen molar-refractivity contribution in [3.63, 3.8) is 0 Å². The fourth-order valence-corrected chi connectivity index (χ4v) is 6.32. The minimum atomic E-state index is -0.493. The van der Waals surface area contributed by atoms with E-state index in [1.807, 2.05) is 30.7 Å². The monoisotopic (exact) mass is 615 g/mol. The molecule has 0 radical (unpaired) electrons. The Morgan fingerprint density at radius 1 is 1.00 bits per heavy atom. The summed E-state index contributed by atoms with van der Waals surface area (Å²) < 4.78 is 17.2. The maximum atomic E-state index is 13.6. The van der Waals surface area contributed by atoms with E-state index in [1.165, 1.54) is 0 Å². The van der Waals surface area contributed by atoms with Gasteiger partial charge in [-0.2, -0.15) is 0 Å². The third kappa shape index (κ3) is 11.9. The number of methoxy groups -OCH3 is 2. The zero-order chi connectivity index (χ0) is 32.7. The second-order valence-electron chi connectivity index (χ2n) is 12.5. The molecular formula is C31H61N5O7. The Kier molecular flexibility index (Phi) is 18.5. The zero-order valence-electron chi connectivity index (χ0n) is 28.5. The summed E-state index contributed by atoms with van der Waals surface area (Å²) in [6.07, 6.45) is 2.30. The van der Waals surface area contributed by atoms with Gasteiger partial charge < -0.3 is 34.2 Å². The molecule has 6 atom stereocenters. The lowest BCUT2D eigenvalue weighted by atomic mass is 9.90. The van der Waals surface area contributed by atoms with Crippen molar-refractivity contribution in [3.05, 3.63) is 0 Å². The third-order valence-corrected chi connectivity index (χ3v) is 8.78. The van der Waals surface area contributed by atoms with Crippen LogP contribution >= 0.6 is 0 Å². The number of likely N-dealkylation sites (tertiary alicyclic amines) is 1. The van der Waals surface area contributed by atoms with E-state index in [-0.39, 0.29) is 66.6 Å². The SMILES string of the molecule is CCC(C)C(C(CC(=O)N1CCCC1C(OC)C(C)C)OC)N(C)C(=O)CNC(=O)C(C(C)C)N(C)CCOCCON. The van der Waals surface area contributed by atoms with Gasteiger partial charge in [0.2, 0.25) is 17.7 Å². The standard InChI is InChI=1S/C31H61N5O7/c1-11-23(6)29(25(40-9)19-26(37)36-14-12-13-24(36)30(41-10)22(4)5)35(8)27(38)20-33-31(39)28(21(2)3)34(7)15-16-42-17-18-43-32/h21-25,28-30H,11-20,32H2,1-10H3,(H,33,39). The van der Waals surface area contributed by atoms with Crippen LogP contribution in [0, 0.1) is 17.8 Å². The van der Waals surface area contributed by atoms with Gasteiger partial charge in [-0.3, -0.25) is 19.3 Å². The maximum absolute atomic E-state index is 13.6. The Hall–Kier alpha value is -1.83. The molecule has 0 bridgehead atoms. The largest absolute Gasteiger partial charge is 0.379 e. The summed E-state index contributed by atoms with van der Waals surface area (Å²) in [6.45, 7) is 14.5. The summed E-state index contributed by atoms with van der Waals surface area (Å²) in [5.74, 6) is 4.95. The van der Waals surface area contributed by atoms with Crippen molar-refractivity contribution in [1.29, 1.82) is 0 Å². The molecule has 0 aromatic rings. The van der Waals surface area contributed by atoms with Crippen molar-refractivity contribution in [2.45, 2.75) is 97.6 Å². The number of amides is 3. The first-order valence-electron chi connectivity index (χ1n) is 15.8. The number of hydrogen-bond donors (Lipinski definition) is 2. The summed E-state index contributed by atoms with van der Waals surface area (Å²) in [5.41, 5.74) is 0. The molecule has 3 amide bonds. The summed E-state index contributed by atoms with van der Waals surface area (Å²) in [4.78, 5) is 50.3. The van der Waals surface area contributed by atoms with Crippen molar-refractivity contribution < 1.29 is 33.4 Å². The molecule has 1 aliphatic rings. The molecule has 3 N–H and O–H groups in total. The van der Waals surface area contributed by atoms with E-state index < -0.39 is 12.1 Å². The number of nitrogens with two attached hydrogens (primary N) is 1. The van der Waals surface area contributed by atoms with Gasteiger partial charge in [0.25, 0.3) is 0 Å². The number of ether oxygens (including phenoxy) is 3. The molecule has 0 aromatic heterocycles. The van der Waals surface area contributed by atoms with E-state index in [4.69, 9.17) is 20.1 Å². The molecule has 0 saturated carbocycles. The van der Waals surface area contributed by atoms with Crippen LogP contribution in [-0.4, -0.2) is 131 Å². The van der Waals surface area contributed by atoms with Gasteiger partial charge in [-0.05, 0) is 37.6 Å². The van der Waals surface area contributed by atoms with Gasteiger partial charge in [0.15, 0.2) is 0 Å². The molecule has 6 unspecified atom stereocenters. The third-order valence-electron chi connectivity index (χ3n) is 8.78. The molecule has 12 heteroatoms. The first-order valence-corrected chi connectivity index (χ1v) is 15.8. The second-order valence-corrected chi connectivity index (χ2v) is 12.5. The molecule has 0 spiro atoms. The highest BCUT2D eigenvalue weighted by atomic mass is 16.6. The van der Waals surface area contributed by atoms with Crippen molar-refractivity contribution >= 4 is 17.7 Å². The van der Waals surface area contributed by atoms with Crippen LogP contribution in [0.15, 0.2) is 0 Å². The Bertz CT molecular complexity index is 830. The Balaban J connectivity index is 2.92. The van der Waals surface area contributed by atoms with E-state index in [0.717, 1.165) is 19.3 Å². The van der Waals surface area contributed by atoms with Gasteiger partial charge in [0, 0.05) is 34.4 Å². The molecule has 0 aliphatic carbocycles. The second kappa shape index (κ2) is 20.2. The predicted molar refractivity (Wildman–Crippen MR) is 167 cm³/mol. The number of carbonyl (C=O) groups excluding carboxylic acids is 3. The first kappa shape index (κ1) is 39.2. The van der Waals surface area contributed by atoms with Crippen LogP contribution in [0.4, 0.5) is 0 Å². The lowest BCUT2D eigenvalue weighted by Crippen LogP contribution is -2.55. The van der Waals surface area contributed by atoms with E-state index in [1.54, 1.807) is 26.2 Å². The van der Waals surface area contributed by atoms with Crippen LogP contribution in [0.1, 0.15) is 67.2 Å². The topological polar surface area (TPSA) is 136 Å². The highest BCUT2D eigenvalue weighted by Gasteiger charge is 2.40. The van der Waals surface area contributed by atoms with Gasteiger partial charge in [-0.15, -0.1) is 0 Å². The summed E-state index contributed by atoms with van der Waals surface area (Å²) in [6, 6.07) is -0.742. The highest BCUT2D eigenvalue weighted by molar-refractivity contribution is 5.87. The normalized spacial score (nSPS) is 19.0. The average molecular weight is 616 g/mol. The Morgan fingerprint density at radius 2 is 1.67 bits per heavy atom. The van der Waals surface area contributed by atoms with Crippen molar-refractivity contribution in [2.75, 3.05) is 67.8 Å². The molecule has 1 rings (SSSR count). The van der Waals surface area contributed by atoms with Crippen molar-refractivity contribution in [2.24, 2.45) is 23.7 Å². The van der Waals surface area contributed by atoms with E-state index in [0.29, 0.717) is 32.9 Å². The fraction of sp³-hybridized carbons (Fsp3) is 0.903. The van der Waals surface area contributed by atoms with Crippen LogP contribution in [0.25, 0.3) is 0 Å². The first-order chi connectivity index (χ1) is 20.4. The predicted octanol–water partition coefficient (Wildman–Crippen LogP) is 1.91. The fourth-order valence-electron chi connectivity index (χ4n) is 6.32. The lowest BCUT2D eigenvalue weighted by molar-refractivity contribution is -0.144. The molecule has 252 valence electrons. The van der Waals surface area contributed by atoms with E-state index >= 15 is 0 Å². The lowest BCUT2D eigenvalue weighted by Gasteiger charge is -2.39. The number of carbonyl (C=O) groups is 3. The van der Waals surface area contributed by atoms with Crippen LogP contribution < -0.4 is 11.2 Å².